The Hall–Kier alpha value is -0.870. The number of hydrogen-bond acceptors (Lipinski definition) is 3. The second-order valence-corrected chi connectivity index (χ2v) is 5.34. The summed E-state index contributed by atoms with van der Waals surface area (Å²) in [7, 11) is 1.97. The molecule has 1 aromatic rings. The molecular weight excluding hydrogens is 224 g/mol. The molecule has 1 N–H and O–H groups in total. The Kier molecular flexibility index (Phi) is 5.20. The quantitative estimate of drug-likeness (QED) is 0.829. The SMILES string of the molecule is CCCN1CCC(NCCc2cnn(C)c2)CC1. The van der Waals surface area contributed by atoms with E-state index in [0.717, 1.165) is 19.0 Å². The number of nitrogens with zero attached hydrogens (tertiary/aromatic N) is 3. The molecule has 4 nitrogen and oxygen atoms in total. The predicted molar refractivity (Wildman–Crippen MR) is 74.7 cm³/mol. The van der Waals surface area contributed by atoms with Gasteiger partial charge in [-0.05, 0) is 57.4 Å². The van der Waals surface area contributed by atoms with Gasteiger partial charge in [0.05, 0.1) is 6.20 Å². The first-order chi connectivity index (χ1) is 8.78. The molecule has 0 unspecified atom stereocenters. The summed E-state index contributed by atoms with van der Waals surface area (Å²) >= 11 is 0. The number of rotatable bonds is 6. The third kappa shape index (κ3) is 4.10. The van der Waals surface area contributed by atoms with Gasteiger partial charge in [0.2, 0.25) is 0 Å². The molecular formula is C14H26N4. The van der Waals surface area contributed by atoms with Crippen molar-refractivity contribution in [3.8, 4) is 0 Å². The summed E-state index contributed by atoms with van der Waals surface area (Å²) in [6.45, 7) is 7.13. The molecule has 2 heterocycles. The number of nitrogens with one attached hydrogen (secondary N) is 1. The van der Waals surface area contributed by atoms with Crippen LogP contribution in [-0.4, -0.2) is 46.9 Å². The van der Waals surface area contributed by atoms with Crippen LogP contribution in [-0.2, 0) is 13.5 Å². The highest BCUT2D eigenvalue weighted by atomic mass is 15.2. The highest BCUT2D eigenvalue weighted by Gasteiger charge is 2.17. The van der Waals surface area contributed by atoms with Crippen molar-refractivity contribution in [1.29, 1.82) is 0 Å². The third-order valence-electron chi connectivity index (χ3n) is 3.73. The van der Waals surface area contributed by atoms with Crippen molar-refractivity contribution in [2.75, 3.05) is 26.2 Å². The topological polar surface area (TPSA) is 33.1 Å². The molecule has 0 amide bonds. The standard InChI is InChI=1S/C14H26N4/c1-3-8-18-9-5-14(6-10-18)15-7-4-13-11-16-17(2)12-13/h11-12,14-15H,3-10H2,1-2H3. The van der Waals surface area contributed by atoms with Gasteiger partial charge < -0.3 is 10.2 Å². The Morgan fingerprint density at radius 2 is 2.17 bits per heavy atom. The summed E-state index contributed by atoms with van der Waals surface area (Å²) < 4.78 is 1.87. The van der Waals surface area contributed by atoms with E-state index in [0.29, 0.717) is 0 Å². The fraction of sp³-hybridized carbons (Fsp3) is 0.786. The molecule has 0 aromatic carbocycles. The number of aryl methyl sites for hydroxylation is 1. The number of hydrogen-bond donors (Lipinski definition) is 1. The van der Waals surface area contributed by atoms with Gasteiger partial charge in [-0.1, -0.05) is 6.92 Å². The maximum atomic E-state index is 4.19. The molecule has 2 rings (SSSR count). The molecule has 18 heavy (non-hydrogen) atoms. The molecule has 4 heteroatoms. The number of aromatic nitrogens is 2. The summed E-state index contributed by atoms with van der Waals surface area (Å²) in [6, 6.07) is 0.717. The smallest absolute Gasteiger partial charge is 0.0522 e. The minimum atomic E-state index is 0.717. The largest absolute Gasteiger partial charge is 0.314 e. The van der Waals surface area contributed by atoms with Gasteiger partial charge in [0.1, 0.15) is 0 Å². The zero-order chi connectivity index (χ0) is 12.8. The van der Waals surface area contributed by atoms with E-state index in [1.807, 2.05) is 17.9 Å². The molecule has 0 saturated carbocycles. The predicted octanol–water partition coefficient (Wildman–Crippen LogP) is 1.43. The van der Waals surface area contributed by atoms with E-state index in [1.165, 1.54) is 44.5 Å². The van der Waals surface area contributed by atoms with E-state index < -0.39 is 0 Å². The average Bonchev–Trinajstić information content (AvgIpc) is 2.78. The molecule has 0 aliphatic carbocycles. The van der Waals surface area contributed by atoms with Gasteiger partial charge in [-0.2, -0.15) is 5.10 Å². The lowest BCUT2D eigenvalue weighted by Crippen LogP contribution is -2.43. The molecule has 1 fully saturated rings. The summed E-state index contributed by atoms with van der Waals surface area (Å²) in [4.78, 5) is 2.58. The summed E-state index contributed by atoms with van der Waals surface area (Å²) in [6.07, 6.45) is 9.03. The fourth-order valence-corrected chi connectivity index (χ4v) is 2.70. The van der Waals surface area contributed by atoms with Gasteiger partial charge in [-0.25, -0.2) is 0 Å². The highest BCUT2D eigenvalue weighted by molar-refractivity contribution is 5.03. The van der Waals surface area contributed by atoms with Crippen LogP contribution in [0.15, 0.2) is 12.4 Å². The van der Waals surface area contributed by atoms with Crippen LogP contribution < -0.4 is 5.32 Å². The number of likely N-dealkylation sites (tertiary alicyclic amines) is 1. The second-order valence-electron chi connectivity index (χ2n) is 5.34. The Bertz CT molecular complexity index is 339. The van der Waals surface area contributed by atoms with Crippen molar-refractivity contribution >= 4 is 0 Å². The first-order valence-electron chi connectivity index (χ1n) is 7.21. The van der Waals surface area contributed by atoms with Gasteiger partial charge in [-0.3, -0.25) is 4.68 Å². The van der Waals surface area contributed by atoms with Gasteiger partial charge in [0, 0.05) is 19.3 Å². The van der Waals surface area contributed by atoms with Crippen LogP contribution >= 0.6 is 0 Å². The zero-order valence-corrected chi connectivity index (χ0v) is 11.7. The Morgan fingerprint density at radius 3 is 2.78 bits per heavy atom. The van der Waals surface area contributed by atoms with E-state index >= 15 is 0 Å². The van der Waals surface area contributed by atoms with E-state index in [9.17, 15) is 0 Å². The van der Waals surface area contributed by atoms with E-state index in [-0.39, 0.29) is 0 Å². The van der Waals surface area contributed by atoms with Crippen LogP contribution in [0.2, 0.25) is 0 Å². The lowest BCUT2D eigenvalue weighted by atomic mass is 10.0. The Labute approximate surface area is 110 Å². The lowest BCUT2D eigenvalue weighted by Gasteiger charge is -2.32. The van der Waals surface area contributed by atoms with Crippen molar-refractivity contribution in [2.24, 2.45) is 7.05 Å². The molecule has 1 aliphatic rings. The molecule has 1 saturated heterocycles. The van der Waals surface area contributed by atoms with Gasteiger partial charge in [0.15, 0.2) is 0 Å². The van der Waals surface area contributed by atoms with Crippen LogP contribution in [0.3, 0.4) is 0 Å². The Morgan fingerprint density at radius 1 is 1.39 bits per heavy atom. The summed E-state index contributed by atoms with van der Waals surface area (Å²) in [5.74, 6) is 0. The summed E-state index contributed by atoms with van der Waals surface area (Å²) in [5, 5.41) is 7.87. The first kappa shape index (κ1) is 13.6. The van der Waals surface area contributed by atoms with Crippen molar-refractivity contribution in [3.05, 3.63) is 18.0 Å². The monoisotopic (exact) mass is 250 g/mol. The van der Waals surface area contributed by atoms with Crippen molar-refractivity contribution in [2.45, 2.75) is 38.6 Å². The Balaban J connectivity index is 1.60. The van der Waals surface area contributed by atoms with Crippen LogP contribution in [0.25, 0.3) is 0 Å². The molecule has 102 valence electrons. The van der Waals surface area contributed by atoms with Gasteiger partial charge >= 0.3 is 0 Å². The van der Waals surface area contributed by atoms with E-state index in [4.69, 9.17) is 0 Å². The highest BCUT2D eigenvalue weighted by Crippen LogP contribution is 2.10. The zero-order valence-electron chi connectivity index (χ0n) is 11.7. The van der Waals surface area contributed by atoms with E-state index in [1.54, 1.807) is 0 Å². The molecule has 1 aliphatic heterocycles. The first-order valence-corrected chi connectivity index (χ1v) is 7.21. The van der Waals surface area contributed by atoms with Crippen LogP contribution in [0.1, 0.15) is 31.7 Å². The minimum Gasteiger partial charge on any atom is -0.314 e. The molecule has 0 spiro atoms. The molecule has 1 aromatic heterocycles. The van der Waals surface area contributed by atoms with Crippen molar-refractivity contribution in [1.82, 2.24) is 20.0 Å². The molecule has 0 bridgehead atoms. The van der Waals surface area contributed by atoms with Crippen molar-refractivity contribution < 1.29 is 0 Å². The number of piperidine rings is 1. The second kappa shape index (κ2) is 6.90. The maximum Gasteiger partial charge on any atom is 0.0522 e. The normalized spacial score (nSPS) is 18.3. The van der Waals surface area contributed by atoms with Crippen molar-refractivity contribution in [3.63, 3.8) is 0 Å². The maximum absolute atomic E-state index is 4.19. The van der Waals surface area contributed by atoms with Gasteiger partial charge in [-0.15, -0.1) is 0 Å². The summed E-state index contributed by atoms with van der Waals surface area (Å²) in [5.41, 5.74) is 1.33. The molecule has 0 radical (unpaired) electrons. The van der Waals surface area contributed by atoms with Gasteiger partial charge in [0.25, 0.3) is 0 Å². The fourth-order valence-electron chi connectivity index (χ4n) is 2.70. The lowest BCUT2D eigenvalue weighted by molar-refractivity contribution is 0.198. The van der Waals surface area contributed by atoms with E-state index in [2.05, 4.69) is 28.4 Å². The average molecular weight is 250 g/mol. The van der Waals surface area contributed by atoms with Crippen LogP contribution in [0.4, 0.5) is 0 Å². The minimum absolute atomic E-state index is 0.717. The third-order valence-corrected chi connectivity index (χ3v) is 3.73. The van der Waals surface area contributed by atoms with Crippen LogP contribution in [0, 0.1) is 0 Å². The molecule has 0 atom stereocenters. The van der Waals surface area contributed by atoms with Crippen LogP contribution in [0.5, 0.6) is 0 Å².